The lowest BCUT2D eigenvalue weighted by Gasteiger charge is -2.38. The maximum atomic E-state index is 12.9. The summed E-state index contributed by atoms with van der Waals surface area (Å²) < 4.78 is 43.8. The van der Waals surface area contributed by atoms with Crippen LogP contribution in [0.3, 0.4) is 0 Å². The van der Waals surface area contributed by atoms with Crippen LogP contribution in [0.1, 0.15) is 31.7 Å². The molecule has 1 fully saturated rings. The van der Waals surface area contributed by atoms with E-state index < -0.39 is 41.0 Å². The Morgan fingerprint density at radius 2 is 1.91 bits per heavy atom. The van der Waals surface area contributed by atoms with Crippen molar-refractivity contribution in [3.8, 4) is 5.75 Å². The molecular weight excluding hydrogens is 315 g/mol. The number of alkyl halides is 3. The maximum Gasteiger partial charge on any atom is 0.419 e. The molecule has 0 saturated heterocycles. The quantitative estimate of drug-likeness (QED) is 0.870. The molecule has 1 aliphatic rings. The molecule has 2 rings (SSSR count). The molecule has 0 spiro atoms. The molecule has 1 aliphatic carbocycles. The van der Waals surface area contributed by atoms with E-state index in [9.17, 15) is 22.8 Å². The predicted octanol–water partition coefficient (Wildman–Crippen LogP) is 2.60. The molecule has 8 heteroatoms. The Kier molecular flexibility index (Phi) is 4.53. The standard InChI is InChI=1S/C15H16F3NO4/c1-9(12(20)19-14(13(21)22)7-4-8-14)23-11-6-3-2-5-10(11)15(16,17)18/h2-3,5-6,9H,4,7-8H2,1H3,(H,19,20)(H,21,22). The van der Waals surface area contributed by atoms with Crippen LogP contribution in [0.15, 0.2) is 24.3 Å². The van der Waals surface area contributed by atoms with Gasteiger partial charge in [0.05, 0.1) is 5.56 Å². The number of carbonyl (C=O) groups excluding carboxylic acids is 1. The van der Waals surface area contributed by atoms with Crippen LogP contribution in [0, 0.1) is 0 Å². The summed E-state index contributed by atoms with van der Waals surface area (Å²) in [5.74, 6) is -2.38. The highest BCUT2D eigenvalue weighted by molar-refractivity contribution is 5.89. The highest BCUT2D eigenvalue weighted by Gasteiger charge is 2.46. The van der Waals surface area contributed by atoms with Crippen molar-refractivity contribution in [2.45, 2.75) is 44.0 Å². The van der Waals surface area contributed by atoms with E-state index in [1.165, 1.54) is 19.1 Å². The number of aliphatic carboxylic acids is 1. The van der Waals surface area contributed by atoms with Gasteiger partial charge in [-0.3, -0.25) is 4.79 Å². The molecule has 0 radical (unpaired) electrons. The van der Waals surface area contributed by atoms with E-state index in [1.54, 1.807) is 0 Å². The second-order valence-electron chi connectivity index (χ2n) is 5.48. The van der Waals surface area contributed by atoms with Gasteiger partial charge in [0, 0.05) is 0 Å². The van der Waals surface area contributed by atoms with Crippen molar-refractivity contribution in [1.82, 2.24) is 5.32 Å². The summed E-state index contributed by atoms with van der Waals surface area (Å²) in [5.41, 5.74) is -2.32. The van der Waals surface area contributed by atoms with Crippen LogP contribution >= 0.6 is 0 Å². The number of benzene rings is 1. The summed E-state index contributed by atoms with van der Waals surface area (Å²) in [5, 5.41) is 11.5. The Hall–Kier alpha value is -2.25. The predicted molar refractivity (Wildman–Crippen MR) is 73.9 cm³/mol. The summed E-state index contributed by atoms with van der Waals surface area (Å²) in [6.45, 7) is 1.27. The number of halogens is 3. The van der Waals surface area contributed by atoms with Crippen LogP contribution in [-0.4, -0.2) is 28.6 Å². The molecule has 1 atom stereocenters. The SMILES string of the molecule is CC(Oc1ccccc1C(F)(F)F)C(=O)NC1(C(=O)O)CCC1. The Balaban J connectivity index is 2.09. The molecule has 23 heavy (non-hydrogen) atoms. The number of amides is 1. The van der Waals surface area contributed by atoms with Gasteiger partial charge in [0.15, 0.2) is 6.10 Å². The van der Waals surface area contributed by atoms with Crippen LogP contribution in [0.5, 0.6) is 5.75 Å². The van der Waals surface area contributed by atoms with Crippen molar-refractivity contribution >= 4 is 11.9 Å². The fourth-order valence-electron chi connectivity index (χ4n) is 2.31. The Labute approximate surface area is 130 Å². The molecule has 0 heterocycles. The Bertz CT molecular complexity index is 611. The van der Waals surface area contributed by atoms with E-state index in [2.05, 4.69) is 5.32 Å². The number of carboxylic acids is 1. The molecule has 1 aromatic carbocycles. The van der Waals surface area contributed by atoms with Gasteiger partial charge in [-0.1, -0.05) is 12.1 Å². The number of para-hydroxylation sites is 1. The first-order chi connectivity index (χ1) is 10.7. The average Bonchev–Trinajstić information content (AvgIpc) is 2.41. The molecule has 126 valence electrons. The van der Waals surface area contributed by atoms with Gasteiger partial charge in [-0.15, -0.1) is 0 Å². The highest BCUT2D eigenvalue weighted by atomic mass is 19.4. The largest absolute Gasteiger partial charge is 0.480 e. The first-order valence-electron chi connectivity index (χ1n) is 7.04. The normalized spacial score (nSPS) is 17.7. The Morgan fingerprint density at radius 3 is 2.39 bits per heavy atom. The lowest BCUT2D eigenvalue weighted by atomic mass is 9.76. The summed E-state index contributed by atoms with van der Waals surface area (Å²) in [7, 11) is 0. The molecule has 0 aliphatic heterocycles. The third kappa shape index (κ3) is 3.57. The van der Waals surface area contributed by atoms with Gasteiger partial charge in [-0.05, 0) is 38.3 Å². The number of rotatable bonds is 5. The van der Waals surface area contributed by atoms with Crippen LogP contribution in [-0.2, 0) is 15.8 Å². The van der Waals surface area contributed by atoms with Gasteiger partial charge in [-0.2, -0.15) is 13.2 Å². The van der Waals surface area contributed by atoms with Crippen molar-refractivity contribution in [3.05, 3.63) is 29.8 Å². The number of ether oxygens (including phenoxy) is 1. The molecule has 1 saturated carbocycles. The third-order valence-electron chi connectivity index (χ3n) is 3.84. The Morgan fingerprint density at radius 1 is 1.30 bits per heavy atom. The topological polar surface area (TPSA) is 75.6 Å². The zero-order chi connectivity index (χ0) is 17.3. The molecule has 0 aromatic heterocycles. The number of hydrogen-bond acceptors (Lipinski definition) is 3. The van der Waals surface area contributed by atoms with E-state index in [-0.39, 0.29) is 0 Å². The van der Waals surface area contributed by atoms with Crippen molar-refractivity contribution < 1.29 is 32.6 Å². The molecule has 5 nitrogen and oxygen atoms in total. The van der Waals surface area contributed by atoms with Gasteiger partial charge in [0.2, 0.25) is 0 Å². The fourth-order valence-corrected chi connectivity index (χ4v) is 2.31. The first kappa shape index (κ1) is 17.1. The lowest BCUT2D eigenvalue weighted by Crippen LogP contribution is -2.61. The molecule has 0 bridgehead atoms. The minimum atomic E-state index is -4.61. The van der Waals surface area contributed by atoms with Crippen molar-refractivity contribution in [3.63, 3.8) is 0 Å². The smallest absolute Gasteiger partial charge is 0.419 e. The van der Waals surface area contributed by atoms with Crippen LogP contribution in [0.4, 0.5) is 13.2 Å². The van der Waals surface area contributed by atoms with E-state index in [4.69, 9.17) is 9.84 Å². The molecule has 1 amide bonds. The third-order valence-corrected chi connectivity index (χ3v) is 3.84. The highest BCUT2D eigenvalue weighted by Crippen LogP contribution is 2.36. The van der Waals surface area contributed by atoms with Gasteiger partial charge < -0.3 is 15.2 Å². The number of carbonyl (C=O) groups is 2. The average molecular weight is 331 g/mol. The molecule has 1 aromatic rings. The second kappa shape index (κ2) is 6.10. The zero-order valence-corrected chi connectivity index (χ0v) is 12.3. The second-order valence-corrected chi connectivity index (χ2v) is 5.48. The molecule has 2 N–H and O–H groups in total. The van der Waals surface area contributed by atoms with Crippen LogP contribution < -0.4 is 10.1 Å². The molecular formula is C15H16F3NO4. The van der Waals surface area contributed by atoms with Crippen molar-refractivity contribution in [1.29, 1.82) is 0 Å². The van der Waals surface area contributed by atoms with Gasteiger partial charge >= 0.3 is 12.1 Å². The van der Waals surface area contributed by atoms with Crippen molar-refractivity contribution in [2.75, 3.05) is 0 Å². The number of nitrogens with one attached hydrogen (secondary N) is 1. The summed E-state index contributed by atoms with van der Waals surface area (Å²) >= 11 is 0. The summed E-state index contributed by atoms with van der Waals surface area (Å²) in [4.78, 5) is 23.2. The number of carboxylic acid groups (broad SMARTS) is 1. The van der Waals surface area contributed by atoms with Gasteiger partial charge in [0.25, 0.3) is 5.91 Å². The maximum absolute atomic E-state index is 12.9. The van der Waals surface area contributed by atoms with Crippen LogP contribution in [0.2, 0.25) is 0 Å². The molecule has 1 unspecified atom stereocenters. The van der Waals surface area contributed by atoms with E-state index in [1.807, 2.05) is 0 Å². The summed E-state index contributed by atoms with van der Waals surface area (Å²) in [6.07, 6.45) is -4.61. The van der Waals surface area contributed by atoms with Gasteiger partial charge in [-0.25, -0.2) is 4.79 Å². The zero-order valence-electron chi connectivity index (χ0n) is 12.3. The lowest BCUT2D eigenvalue weighted by molar-refractivity contribution is -0.153. The monoisotopic (exact) mass is 331 g/mol. The van der Waals surface area contributed by atoms with E-state index in [0.717, 1.165) is 12.1 Å². The fraction of sp³-hybridized carbons (Fsp3) is 0.467. The minimum absolute atomic E-state index is 0.292. The van der Waals surface area contributed by atoms with E-state index >= 15 is 0 Å². The van der Waals surface area contributed by atoms with Crippen molar-refractivity contribution in [2.24, 2.45) is 0 Å². The summed E-state index contributed by atoms with van der Waals surface area (Å²) in [6, 6.07) is 4.54. The van der Waals surface area contributed by atoms with E-state index in [0.29, 0.717) is 19.3 Å². The van der Waals surface area contributed by atoms with Gasteiger partial charge in [0.1, 0.15) is 11.3 Å². The first-order valence-corrected chi connectivity index (χ1v) is 7.04. The van der Waals surface area contributed by atoms with Crippen LogP contribution in [0.25, 0.3) is 0 Å². The number of hydrogen-bond donors (Lipinski definition) is 2. The minimum Gasteiger partial charge on any atom is -0.480 e.